The Labute approximate surface area is 216 Å². The van der Waals surface area contributed by atoms with Gasteiger partial charge >= 0.3 is 12.0 Å². The second-order valence-corrected chi connectivity index (χ2v) is 10.7. The van der Waals surface area contributed by atoms with E-state index in [0.717, 1.165) is 53.7 Å². The minimum absolute atomic E-state index is 0.0658. The number of aryl methyl sites for hydroxylation is 1. The van der Waals surface area contributed by atoms with Crippen LogP contribution < -0.4 is 22.1 Å². The number of thiophene rings is 1. The average Bonchev–Trinajstić information content (AvgIpc) is 3.45. The molecule has 3 amide bonds. The summed E-state index contributed by atoms with van der Waals surface area (Å²) in [4.78, 5) is 36.5. The maximum atomic E-state index is 12.7. The molecule has 1 aromatic heterocycles. The zero-order valence-electron chi connectivity index (χ0n) is 21.1. The standard InChI is InChI=1S/C27H36N4O4S/c1-16(2)13-22(26(33)35-19-8-4-5-9-19)30-12-6-7-18-10-11-20(17(3)14-18)23-15-21(24(28)32)25(36-23)31-27(29)34/h6-7,10-11,14-16,19,22,30H,4-5,8-9,12-13H2,1-3H3,(H2,28,32)(H3,29,31,34)/b7-6+/t22-/m1/s1. The van der Waals surface area contributed by atoms with Crippen LogP contribution in [-0.4, -0.2) is 36.6 Å². The third-order valence-electron chi connectivity index (χ3n) is 6.12. The number of benzene rings is 1. The number of nitrogens with two attached hydrogens (primary N) is 2. The number of primary amides is 2. The fourth-order valence-electron chi connectivity index (χ4n) is 4.37. The van der Waals surface area contributed by atoms with E-state index in [4.69, 9.17) is 16.2 Å². The number of carbonyl (C=O) groups is 3. The van der Waals surface area contributed by atoms with Crippen molar-refractivity contribution in [2.24, 2.45) is 17.4 Å². The molecule has 36 heavy (non-hydrogen) atoms. The van der Waals surface area contributed by atoms with Gasteiger partial charge in [-0.2, -0.15) is 0 Å². The van der Waals surface area contributed by atoms with Gasteiger partial charge in [-0.3, -0.25) is 14.9 Å². The van der Waals surface area contributed by atoms with Crippen LogP contribution >= 0.6 is 11.3 Å². The Balaban J connectivity index is 1.64. The summed E-state index contributed by atoms with van der Waals surface area (Å²) in [5.74, 6) is -0.404. The topological polar surface area (TPSA) is 137 Å². The van der Waals surface area contributed by atoms with Crippen LogP contribution in [0.2, 0.25) is 0 Å². The SMILES string of the molecule is Cc1cc(/C=C/CN[C@H](CC(C)C)C(=O)OC2CCCC2)ccc1-c1cc(C(N)=O)c(NC(N)=O)s1. The number of ether oxygens (including phenoxy) is 1. The largest absolute Gasteiger partial charge is 0.461 e. The predicted molar refractivity (Wildman–Crippen MR) is 145 cm³/mol. The second-order valence-electron chi connectivity index (χ2n) is 9.62. The minimum atomic E-state index is -0.751. The van der Waals surface area contributed by atoms with Gasteiger partial charge in [-0.05, 0) is 67.7 Å². The Hall–Kier alpha value is -3.17. The molecule has 194 valence electrons. The zero-order valence-corrected chi connectivity index (χ0v) is 22.0. The summed E-state index contributed by atoms with van der Waals surface area (Å²) < 4.78 is 5.72. The number of carbonyl (C=O) groups excluding carboxylic acids is 3. The molecule has 0 radical (unpaired) electrons. The lowest BCUT2D eigenvalue weighted by Gasteiger charge is -2.21. The minimum Gasteiger partial charge on any atom is -0.461 e. The predicted octanol–water partition coefficient (Wildman–Crippen LogP) is 4.82. The summed E-state index contributed by atoms with van der Waals surface area (Å²) in [5, 5.41) is 6.13. The van der Waals surface area contributed by atoms with Crippen LogP contribution in [0.1, 0.15) is 67.4 Å². The van der Waals surface area contributed by atoms with Crippen molar-refractivity contribution in [1.82, 2.24) is 5.32 Å². The number of urea groups is 1. The molecule has 1 aliphatic carbocycles. The molecule has 3 rings (SSSR count). The Kier molecular flexibility index (Phi) is 9.66. The molecule has 0 bridgehead atoms. The number of hydrogen-bond donors (Lipinski definition) is 4. The molecule has 0 saturated heterocycles. The highest BCUT2D eigenvalue weighted by atomic mass is 32.1. The summed E-state index contributed by atoms with van der Waals surface area (Å²) in [6.07, 6.45) is 8.99. The first-order chi connectivity index (χ1) is 17.1. The van der Waals surface area contributed by atoms with Gasteiger partial charge in [0, 0.05) is 11.4 Å². The van der Waals surface area contributed by atoms with Gasteiger partial charge < -0.3 is 21.5 Å². The van der Waals surface area contributed by atoms with Crippen molar-refractivity contribution in [2.75, 3.05) is 11.9 Å². The molecule has 1 aliphatic rings. The number of anilines is 1. The van der Waals surface area contributed by atoms with E-state index in [1.807, 2.05) is 37.3 Å². The third kappa shape index (κ3) is 7.66. The number of hydrogen-bond acceptors (Lipinski definition) is 6. The highest BCUT2D eigenvalue weighted by molar-refractivity contribution is 7.20. The van der Waals surface area contributed by atoms with Gasteiger partial charge in [0.1, 0.15) is 17.1 Å². The molecular formula is C27H36N4O4S. The number of amides is 3. The summed E-state index contributed by atoms with van der Waals surface area (Å²) in [6, 6.07) is 6.58. The molecule has 0 spiro atoms. The van der Waals surface area contributed by atoms with Gasteiger partial charge in [-0.1, -0.05) is 44.2 Å². The molecule has 2 aromatic rings. The first-order valence-corrected chi connectivity index (χ1v) is 13.2. The van der Waals surface area contributed by atoms with Gasteiger partial charge in [0.05, 0.1) is 5.56 Å². The molecule has 9 heteroatoms. The number of rotatable bonds is 11. The van der Waals surface area contributed by atoms with Gasteiger partial charge in [-0.15, -0.1) is 11.3 Å². The van der Waals surface area contributed by atoms with Gasteiger partial charge in [-0.25, -0.2) is 4.79 Å². The van der Waals surface area contributed by atoms with Crippen molar-refractivity contribution >= 4 is 40.3 Å². The Bertz CT molecular complexity index is 1120. The molecule has 0 unspecified atom stereocenters. The van der Waals surface area contributed by atoms with Crippen molar-refractivity contribution in [3.63, 3.8) is 0 Å². The third-order valence-corrected chi connectivity index (χ3v) is 7.20. The summed E-state index contributed by atoms with van der Waals surface area (Å²) in [7, 11) is 0. The molecular weight excluding hydrogens is 476 g/mol. The lowest BCUT2D eigenvalue weighted by atomic mass is 10.0. The van der Waals surface area contributed by atoms with E-state index < -0.39 is 11.9 Å². The quantitative estimate of drug-likeness (QED) is 0.320. The van der Waals surface area contributed by atoms with Gasteiger partial charge in [0.25, 0.3) is 5.91 Å². The highest BCUT2D eigenvalue weighted by Gasteiger charge is 2.25. The summed E-state index contributed by atoms with van der Waals surface area (Å²) in [6.45, 7) is 6.73. The fourth-order valence-corrected chi connectivity index (χ4v) is 5.53. The van der Waals surface area contributed by atoms with Gasteiger partial charge in [0.15, 0.2) is 0 Å². The van der Waals surface area contributed by atoms with Crippen LogP contribution in [0.4, 0.5) is 9.80 Å². The van der Waals surface area contributed by atoms with Crippen LogP contribution in [0.3, 0.4) is 0 Å². The van der Waals surface area contributed by atoms with Crippen molar-refractivity contribution in [2.45, 2.75) is 65.0 Å². The molecule has 1 fully saturated rings. The molecule has 1 atom stereocenters. The fraction of sp³-hybridized carbons (Fsp3) is 0.444. The van der Waals surface area contributed by atoms with Gasteiger partial charge in [0.2, 0.25) is 0 Å². The number of nitrogens with one attached hydrogen (secondary N) is 2. The molecule has 8 nitrogen and oxygen atoms in total. The van der Waals surface area contributed by atoms with E-state index in [1.54, 1.807) is 6.07 Å². The van der Waals surface area contributed by atoms with E-state index in [0.29, 0.717) is 17.5 Å². The van der Waals surface area contributed by atoms with E-state index in [1.165, 1.54) is 11.3 Å². The molecule has 1 heterocycles. The Morgan fingerprint density at radius 1 is 1.17 bits per heavy atom. The first-order valence-electron chi connectivity index (χ1n) is 12.4. The van der Waals surface area contributed by atoms with E-state index >= 15 is 0 Å². The maximum absolute atomic E-state index is 12.7. The lowest BCUT2D eigenvalue weighted by Crippen LogP contribution is -2.40. The van der Waals surface area contributed by atoms with Crippen molar-refractivity contribution < 1.29 is 19.1 Å². The zero-order chi connectivity index (χ0) is 26.2. The van der Waals surface area contributed by atoms with Crippen LogP contribution in [-0.2, 0) is 9.53 Å². The van der Waals surface area contributed by atoms with E-state index in [2.05, 4.69) is 24.5 Å². The monoisotopic (exact) mass is 512 g/mol. The van der Waals surface area contributed by atoms with Crippen LogP contribution in [0.25, 0.3) is 16.5 Å². The maximum Gasteiger partial charge on any atom is 0.323 e. The molecule has 6 N–H and O–H groups in total. The Morgan fingerprint density at radius 2 is 1.89 bits per heavy atom. The second kappa shape index (κ2) is 12.7. The smallest absolute Gasteiger partial charge is 0.323 e. The number of esters is 1. The molecule has 0 aliphatic heterocycles. The molecule has 1 aromatic carbocycles. The highest BCUT2D eigenvalue weighted by Crippen LogP contribution is 2.37. The van der Waals surface area contributed by atoms with Crippen LogP contribution in [0, 0.1) is 12.8 Å². The van der Waals surface area contributed by atoms with Crippen LogP contribution in [0.5, 0.6) is 0 Å². The summed E-state index contributed by atoms with van der Waals surface area (Å²) in [5.41, 5.74) is 13.8. The van der Waals surface area contributed by atoms with E-state index in [-0.39, 0.29) is 23.7 Å². The van der Waals surface area contributed by atoms with Crippen molar-refractivity contribution in [1.29, 1.82) is 0 Å². The Morgan fingerprint density at radius 3 is 2.50 bits per heavy atom. The summed E-state index contributed by atoms with van der Waals surface area (Å²) >= 11 is 1.25. The average molecular weight is 513 g/mol. The normalized spacial score (nSPS) is 14.9. The first kappa shape index (κ1) is 27.4. The van der Waals surface area contributed by atoms with Crippen molar-refractivity contribution in [3.05, 3.63) is 47.0 Å². The molecule has 1 saturated carbocycles. The van der Waals surface area contributed by atoms with E-state index in [9.17, 15) is 14.4 Å². The van der Waals surface area contributed by atoms with Crippen LogP contribution in [0.15, 0.2) is 30.3 Å². The van der Waals surface area contributed by atoms with Crippen molar-refractivity contribution in [3.8, 4) is 10.4 Å². The lowest BCUT2D eigenvalue weighted by molar-refractivity contribution is -0.151.